The lowest BCUT2D eigenvalue weighted by atomic mass is 9.90. The van der Waals surface area contributed by atoms with Gasteiger partial charge in [0.2, 0.25) is 5.91 Å². The number of rotatable bonds is 7. The smallest absolute Gasteiger partial charge is 0.271 e. The van der Waals surface area contributed by atoms with Crippen molar-refractivity contribution in [3.8, 4) is 0 Å². The van der Waals surface area contributed by atoms with E-state index in [0.29, 0.717) is 31.5 Å². The van der Waals surface area contributed by atoms with E-state index in [1.54, 1.807) is 6.07 Å². The lowest BCUT2D eigenvalue weighted by Crippen LogP contribution is -2.34. The van der Waals surface area contributed by atoms with Crippen LogP contribution in [0.1, 0.15) is 25.3 Å². The number of aliphatic hydroxyl groups is 1. The molecule has 0 aliphatic carbocycles. The maximum absolute atomic E-state index is 12.1. The molecule has 1 aliphatic rings. The van der Waals surface area contributed by atoms with E-state index in [1.165, 1.54) is 12.1 Å². The summed E-state index contributed by atoms with van der Waals surface area (Å²) in [5, 5.41) is 25.6. The van der Waals surface area contributed by atoms with Gasteiger partial charge in [-0.25, -0.2) is 0 Å². The molecule has 120 valence electrons. The van der Waals surface area contributed by atoms with E-state index in [-0.39, 0.29) is 30.2 Å². The van der Waals surface area contributed by atoms with Gasteiger partial charge in [-0.05, 0) is 38.3 Å². The summed E-state index contributed by atoms with van der Waals surface area (Å²) in [6, 6.07) is 4.80. The quantitative estimate of drug-likeness (QED) is 0.522. The van der Waals surface area contributed by atoms with Crippen molar-refractivity contribution in [3.05, 3.63) is 33.9 Å². The molecular weight excluding hydrogens is 286 g/mol. The van der Waals surface area contributed by atoms with Crippen LogP contribution >= 0.6 is 0 Å². The fourth-order valence-electron chi connectivity index (χ4n) is 2.60. The molecule has 1 aliphatic heterocycles. The van der Waals surface area contributed by atoms with E-state index >= 15 is 0 Å². The van der Waals surface area contributed by atoms with Crippen LogP contribution in [0.5, 0.6) is 0 Å². The van der Waals surface area contributed by atoms with Crippen LogP contribution in [0.15, 0.2) is 18.2 Å². The molecule has 1 heterocycles. The molecule has 3 N–H and O–H groups in total. The molecule has 2 atom stereocenters. The van der Waals surface area contributed by atoms with E-state index in [0.717, 1.165) is 5.56 Å². The summed E-state index contributed by atoms with van der Waals surface area (Å²) in [6.45, 7) is 2.83. The Hall–Kier alpha value is -1.99. The number of carbonyl (C=O) groups excluding carboxylic acids is 1. The molecule has 0 radical (unpaired) electrons. The number of non-ortho nitro benzene ring substituents is 1. The number of nitrogens with one attached hydrogen (secondary N) is 2. The molecule has 7 nitrogen and oxygen atoms in total. The largest absolute Gasteiger partial charge is 0.396 e. The Morgan fingerprint density at radius 3 is 3.00 bits per heavy atom. The molecule has 1 aromatic rings. The van der Waals surface area contributed by atoms with Gasteiger partial charge in [0, 0.05) is 30.7 Å². The van der Waals surface area contributed by atoms with Gasteiger partial charge in [0.05, 0.1) is 10.6 Å². The molecule has 2 rings (SSSR count). The van der Waals surface area contributed by atoms with Crippen molar-refractivity contribution in [2.24, 2.45) is 5.92 Å². The molecular formula is C15H21N3O4. The van der Waals surface area contributed by atoms with Crippen LogP contribution < -0.4 is 10.6 Å². The molecule has 0 aromatic heterocycles. The van der Waals surface area contributed by atoms with Crippen LogP contribution in [-0.4, -0.2) is 35.1 Å². The van der Waals surface area contributed by atoms with Gasteiger partial charge in [-0.3, -0.25) is 14.9 Å². The molecule has 0 bridgehead atoms. The van der Waals surface area contributed by atoms with Crippen molar-refractivity contribution in [1.82, 2.24) is 5.32 Å². The van der Waals surface area contributed by atoms with Gasteiger partial charge < -0.3 is 15.7 Å². The SMILES string of the molecule is CC(CCO)NCCC1Cc2ccc([N+](=O)[O-])cc2NC1=O. The number of carbonyl (C=O) groups is 1. The first-order valence-corrected chi connectivity index (χ1v) is 7.43. The molecule has 22 heavy (non-hydrogen) atoms. The first-order chi connectivity index (χ1) is 10.5. The zero-order chi connectivity index (χ0) is 16.1. The second kappa shape index (κ2) is 7.33. The van der Waals surface area contributed by atoms with Gasteiger partial charge in [-0.15, -0.1) is 0 Å². The minimum Gasteiger partial charge on any atom is -0.396 e. The Morgan fingerprint density at radius 2 is 2.32 bits per heavy atom. The first kappa shape index (κ1) is 16.4. The molecule has 1 amide bonds. The number of fused-ring (bicyclic) bond motifs is 1. The van der Waals surface area contributed by atoms with E-state index in [9.17, 15) is 14.9 Å². The summed E-state index contributed by atoms with van der Waals surface area (Å²) in [4.78, 5) is 22.4. The first-order valence-electron chi connectivity index (χ1n) is 7.43. The van der Waals surface area contributed by atoms with Crippen molar-refractivity contribution >= 4 is 17.3 Å². The number of nitro groups is 1. The summed E-state index contributed by atoms with van der Waals surface area (Å²) in [5.74, 6) is -0.229. The second-order valence-corrected chi connectivity index (χ2v) is 5.64. The van der Waals surface area contributed by atoms with Crippen LogP contribution in [0.2, 0.25) is 0 Å². The lowest BCUT2D eigenvalue weighted by molar-refractivity contribution is -0.384. The number of nitrogens with zero attached hydrogens (tertiary/aromatic N) is 1. The van der Waals surface area contributed by atoms with Crippen molar-refractivity contribution in [2.45, 2.75) is 32.2 Å². The summed E-state index contributed by atoms with van der Waals surface area (Å²) >= 11 is 0. The topological polar surface area (TPSA) is 104 Å². The summed E-state index contributed by atoms with van der Waals surface area (Å²) in [5.41, 5.74) is 1.45. The third-order valence-corrected chi connectivity index (χ3v) is 3.95. The van der Waals surface area contributed by atoms with Gasteiger partial charge in [0.1, 0.15) is 0 Å². The van der Waals surface area contributed by atoms with Crippen LogP contribution in [0.25, 0.3) is 0 Å². The molecule has 0 saturated heterocycles. The van der Waals surface area contributed by atoms with E-state index in [4.69, 9.17) is 5.11 Å². The Morgan fingerprint density at radius 1 is 1.55 bits per heavy atom. The number of anilines is 1. The fourth-order valence-corrected chi connectivity index (χ4v) is 2.60. The Labute approximate surface area is 128 Å². The van der Waals surface area contributed by atoms with Gasteiger partial charge in [0.25, 0.3) is 5.69 Å². The fraction of sp³-hybridized carbons (Fsp3) is 0.533. The van der Waals surface area contributed by atoms with Crippen LogP contribution in [0.3, 0.4) is 0 Å². The Bertz CT molecular complexity index is 562. The highest BCUT2D eigenvalue weighted by Crippen LogP contribution is 2.30. The maximum atomic E-state index is 12.1. The predicted molar refractivity (Wildman–Crippen MR) is 82.7 cm³/mol. The van der Waals surface area contributed by atoms with Crippen molar-refractivity contribution < 1.29 is 14.8 Å². The molecule has 1 aromatic carbocycles. The maximum Gasteiger partial charge on any atom is 0.271 e. The van der Waals surface area contributed by atoms with E-state index in [1.807, 2.05) is 6.92 Å². The summed E-state index contributed by atoms with van der Waals surface area (Å²) in [7, 11) is 0. The number of nitro benzene ring substituents is 1. The highest BCUT2D eigenvalue weighted by Gasteiger charge is 2.27. The van der Waals surface area contributed by atoms with Crippen molar-refractivity contribution in [2.75, 3.05) is 18.5 Å². The molecule has 0 saturated carbocycles. The Balaban J connectivity index is 1.94. The third-order valence-electron chi connectivity index (χ3n) is 3.95. The zero-order valence-corrected chi connectivity index (χ0v) is 12.5. The average Bonchev–Trinajstić information content (AvgIpc) is 2.47. The van der Waals surface area contributed by atoms with Crippen molar-refractivity contribution in [3.63, 3.8) is 0 Å². The summed E-state index contributed by atoms with van der Waals surface area (Å²) in [6.07, 6.45) is 1.97. The number of aliphatic hydroxyl groups excluding tert-OH is 1. The molecule has 0 fully saturated rings. The van der Waals surface area contributed by atoms with E-state index < -0.39 is 4.92 Å². The van der Waals surface area contributed by atoms with Gasteiger partial charge >= 0.3 is 0 Å². The number of hydrogen-bond donors (Lipinski definition) is 3. The lowest BCUT2D eigenvalue weighted by Gasteiger charge is -2.25. The molecule has 7 heteroatoms. The number of amides is 1. The Kier molecular flexibility index (Phi) is 5.46. The van der Waals surface area contributed by atoms with Crippen molar-refractivity contribution in [1.29, 1.82) is 0 Å². The number of benzene rings is 1. The van der Waals surface area contributed by atoms with Crippen LogP contribution in [0, 0.1) is 16.0 Å². The molecule has 0 spiro atoms. The minimum atomic E-state index is -0.467. The standard InChI is InChI=1S/C15H21N3O4/c1-10(5-7-19)16-6-4-12-8-11-2-3-13(18(21)22)9-14(11)17-15(12)20/h2-3,9-10,12,16,19H,4-8H2,1H3,(H,17,20). The van der Waals surface area contributed by atoms with Gasteiger partial charge in [-0.1, -0.05) is 6.07 Å². The van der Waals surface area contributed by atoms with Crippen LogP contribution in [-0.2, 0) is 11.2 Å². The molecule has 2 unspecified atom stereocenters. The average molecular weight is 307 g/mol. The number of hydrogen-bond acceptors (Lipinski definition) is 5. The summed E-state index contributed by atoms with van der Waals surface area (Å²) < 4.78 is 0. The minimum absolute atomic E-state index is 0.0167. The monoisotopic (exact) mass is 307 g/mol. The van der Waals surface area contributed by atoms with E-state index in [2.05, 4.69) is 10.6 Å². The zero-order valence-electron chi connectivity index (χ0n) is 12.5. The highest BCUT2D eigenvalue weighted by atomic mass is 16.6. The second-order valence-electron chi connectivity index (χ2n) is 5.64. The third kappa shape index (κ3) is 4.02. The normalized spacial score (nSPS) is 18.5. The predicted octanol–water partition coefficient (Wildman–Crippen LogP) is 1.46. The van der Waals surface area contributed by atoms with Crippen LogP contribution in [0.4, 0.5) is 11.4 Å². The van der Waals surface area contributed by atoms with Gasteiger partial charge in [-0.2, -0.15) is 0 Å². The highest BCUT2D eigenvalue weighted by molar-refractivity contribution is 5.96. The van der Waals surface area contributed by atoms with Gasteiger partial charge in [0.15, 0.2) is 0 Å².